The zero-order valence-electron chi connectivity index (χ0n) is 13.9. The number of amides is 1. The third kappa shape index (κ3) is 2.93. The first kappa shape index (κ1) is 17.2. The van der Waals surface area contributed by atoms with Gasteiger partial charge in [-0.05, 0) is 31.4 Å². The van der Waals surface area contributed by atoms with E-state index in [2.05, 4.69) is 5.32 Å². The van der Waals surface area contributed by atoms with Crippen LogP contribution in [-0.2, 0) is 24.3 Å². The van der Waals surface area contributed by atoms with Crippen LogP contribution >= 0.6 is 0 Å². The molecule has 2 aromatic carbocycles. The molecule has 3 rings (SSSR count). The Kier molecular flexibility index (Phi) is 4.38. The lowest BCUT2D eigenvalue weighted by atomic mass is 10.1. The monoisotopic (exact) mass is 362 g/mol. The van der Waals surface area contributed by atoms with E-state index in [4.69, 9.17) is 4.74 Å². The van der Waals surface area contributed by atoms with Crippen molar-refractivity contribution in [3.63, 3.8) is 0 Å². The molecule has 0 saturated heterocycles. The van der Waals surface area contributed by atoms with Crippen molar-refractivity contribution >= 4 is 38.4 Å². The number of nitrogens with one attached hydrogen (secondary N) is 1. The summed E-state index contributed by atoms with van der Waals surface area (Å²) in [7, 11) is -3.83. The number of ether oxygens (including phenoxy) is 1. The van der Waals surface area contributed by atoms with Crippen molar-refractivity contribution in [2.24, 2.45) is 0 Å². The second kappa shape index (κ2) is 6.36. The minimum atomic E-state index is -3.83. The van der Waals surface area contributed by atoms with Gasteiger partial charge in [-0.3, -0.25) is 13.9 Å². The molecule has 1 heterocycles. The molecule has 0 fully saturated rings. The lowest BCUT2D eigenvalue weighted by Crippen LogP contribution is -2.39. The molecular weight excluding hydrogens is 344 g/mol. The van der Waals surface area contributed by atoms with E-state index in [1.54, 1.807) is 25.1 Å². The molecule has 0 spiro atoms. The summed E-state index contributed by atoms with van der Waals surface area (Å²) in [5, 5.41) is 3.92. The molecule has 25 heavy (non-hydrogen) atoms. The third-order valence-corrected chi connectivity index (χ3v) is 5.78. The molecule has 0 saturated carbocycles. The van der Waals surface area contributed by atoms with Crippen LogP contribution in [0.5, 0.6) is 0 Å². The normalized spacial score (nSPS) is 15.8. The molecule has 2 aromatic rings. The van der Waals surface area contributed by atoms with Crippen LogP contribution in [-0.4, -0.2) is 39.5 Å². The van der Waals surface area contributed by atoms with Crippen LogP contribution in [0.4, 0.5) is 5.69 Å². The van der Waals surface area contributed by atoms with Crippen LogP contribution in [0.2, 0.25) is 0 Å². The number of benzene rings is 2. The van der Waals surface area contributed by atoms with Gasteiger partial charge in [-0.1, -0.05) is 24.3 Å². The highest BCUT2D eigenvalue weighted by atomic mass is 32.2. The second-order valence-corrected chi connectivity index (χ2v) is 7.50. The molecule has 1 amide bonds. The molecule has 132 valence electrons. The predicted octanol–water partition coefficient (Wildman–Crippen LogP) is 1.42. The maximum absolute atomic E-state index is 12.8. The quantitative estimate of drug-likeness (QED) is 0.812. The van der Waals surface area contributed by atoms with E-state index < -0.39 is 34.5 Å². The highest BCUT2D eigenvalue weighted by molar-refractivity contribution is 7.93. The Morgan fingerprint density at radius 2 is 1.88 bits per heavy atom. The molecule has 1 aliphatic rings. The lowest BCUT2D eigenvalue weighted by molar-refractivity contribution is -0.153. The SMILES string of the molecule is CCNC(=O)[C@H](C)OC(=O)CN1c2cccc3cccc(c23)S1(=O)=O. The van der Waals surface area contributed by atoms with E-state index in [-0.39, 0.29) is 4.90 Å². The van der Waals surface area contributed by atoms with Gasteiger partial charge >= 0.3 is 5.97 Å². The number of hydrogen-bond donors (Lipinski definition) is 1. The van der Waals surface area contributed by atoms with Gasteiger partial charge < -0.3 is 10.1 Å². The second-order valence-electron chi connectivity index (χ2n) is 5.67. The highest BCUT2D eigenvalue weighted by Crippen LogP contribution is 2.41. The Balaban J connectivity index is 1.86. The topological polar surface area (TPSA) is 92.8 Å². The van der Waals surface area contributed by atoms with Crippen LogP contribution in [0.1, 0.15) is 13.8 Å². The fourth-order valence-corrected chi connectivity index (χ4v) is 4.51. The first-order valence-electron chi connectivity index (χ1n) is 7.88. The number of carbonyl (C=O) groups is 2. The summed E-state index contributed by atoms with van der Waals surface area (Å²) in [6, 6.07) is 10.2. The average molecular weight is 362 g/mol. The summed E-state index contributed by atoms with van der Waals surface area (Å²) in [6.45, 7) is 3.12. The van der Waals surface area contributed by atoms with Gasteiger partial charge in [0.1, 0.15) is 6.54 Å². The highest BCUT2D eigenvalue weighted by Gasteiger charge is 2.37. The van der Waals surface area contributed by atoms with Gasteiger partial charge in [0.15, 0.2) is 6.10 Å². The average Bonchev–Trinajstić information content (AvgIpc) is 2.78. The van der Waals surface area contributed by atoms with E-state index in [1.165, 1.54) is 13.0 Å². The first-order chi connectivity index (χ1) is 11.9. The summed E-state index contributed by atoms with van der Waals surface area (Å²) < 4.78 is 31.6. The van der Waals surface area contributed by atoms with Crippen molar-refractivity contribution in [3.05, 3.63) is 36.4 Å². The molecule has 0 bridgehead atoms. The Labute approximate surface area is 145 Å². The van der Waals surface area contributed by atoms with Crippen molar-refractivity contribution in [1.29, 1.82) is 0 Å². The van der Waals surface area contributed by atoms with Crippen LogP contribution in [0.25, 0.3) is 10.8 Å². The van der Waals surface area contributed by atoms with E-state index in [0.717, 1.165) is 9.69 Å². The van der Waals surface area contributed by atoms with Crippen molar-refractivity contribution in [3.8, 4) is 0 Å². The Hall–Kier alpha value is -2.61. The van der Waals surface area contributed by atoms with Gasteiger partial charge in [-0.15, -0.1) is 0 Å². The Morgan fingerprint density at radius 3 is 2.56 bits per heavy atom. The molecular formula is C17H18N2O5S. The van der Waals surface area contributed by atoms with Gasteiger partial charge in [0.05, 0.1) is 10.6 Å². The van der Waals surface area contributed by atoms with E-state index in [0.29, 0.717) is 17.6 Å². The van der Waals surface area contributed by atoms with Crippen LogP contribution in [0, 0.1) is 0 Å². The van der Waals surface area contributed by atoms with Crippen molar-refractivity contribution in [2.45, 2.75) is 24.8 Å². The molecule has 8 heteroatoms. The molecule has 0 unspecified atom stereocenters. The van der Waals surface area contributed by atoms with E-state index >= 15 is 0 Å². The van der Waals surface area contributed by atoms with Gasteiger partial charge in [0, 0.05) is 11.9 Å². The maximum Gasteiger partial charge on any atom is 0.327 e. The zero-order chi connectivity index (χ0) is 18.2. The molecule has 0 aromatic heterocycles. The number of sulfonamides is 1. The zero-order valence-corrected chi connectivity index (χ0v) is 14.7. The van der Waals surface area contributed by atoms with Crippen LogP contribution < -0.4 is 9.62 Å². The predicted molar refractivity (Wildman–Crippen MR) is 92.7 cm³/mol. The van der Waals surface area contributed by atoms with E-state index in [9.17, 15) is 18.0 Å². The van der Waals surface area contributed by atoms with Crippen molar-refractivity contribution < 1.29 is 22.7 Å². The number of esters is 1. The molecule has 0 aliphatic carbocycles. The summed E-state index contributed by atoms with van der Waals surface area (Å²) in [4.78, 5) is 24.0. The van der Waals surface area contributed by atoms with Crippen LogP contribution in [0.15, 0.2) is 41.3 Å². The number of hydrogen-bond acceptors (Lipinski definition) is 5. The summed E-state index contributed by atoms with van der Waals surface area (Å²) in [5.74, 6) is -1.21. The standard InChI is InChI=1S/C17H18N2O5S/c1-3-18-17(21)11(2)24-15(20)10-19-13-8-4-6-12-7-5-9-14(16(12)13)25(19,22)23/h4-9,11H,3,10H2,1-2H3,(H,18,21)/t11-/m0/s1. The number of anilines is 1. The fraction of sp³-hybridized carbons (Fsp3) is 0.294. The van der Waals surface area contributed by atoms with Gasteiger partial charge in [-0.2, -0.15) is 0 Å². The van der Waals surface area contributed by atoms with Gasteiger partial charge in [0.2, 0.25) is 0 Å². The Morgan fingerprint density at radius 1 is 1.20 bits per heavy atom. The number of rotatable bonds is 5. The molecule has 1 atom stereocenters. The largest absolute Gasteiger partial charge is 0.451 e. The first-order valence-corrected chi connectivity index (χ1v) is 9.32. The van der Waals surface area contributed by atoms with Gasteiger partial charge in [-0.25, -0.2) is 8.42 Å². The molecule has 0 radical (unpaired) electrons. The van der Waals surface area contributed by atoms with Gasteiger partial charge in [0.25, 0.3) is 15.9 Å². The molecule has 1 aliphatic heterocycles. The minimum absolute atomic E-state index is 0.171. The smallest absolute Gasteiger partial charge is 0.327 e. The number of nitrogens with zero attached hydrogens (tertiary/aromatic N) is 1. The molecule has 7 nitrogen and oxygen atoms in total. The van der Waals surface area contributed by atoms with Crippen molar-refractivity contribution in [1.82, 2.24) is 5.32 Å². The van der Waals surface area contributed by atoms with Crippen molar-refractivity contribution in [2.75, 3.05) is 17.4 Å². The lowest BCUT2D eigenvalue weighted by Gasteiger charge is -2.19. The summed E-state index contributed by atoms with van der Waals surface area (Å²) >= 11 is 0. The maximum atomic E-state index is 12.8. The Bertz CT molecular complexity index is 949. The third-order valence-electron chi connectivity index (χ3n) is 3.98. The summed E-state index contributed by atoms with van der Waals surface area (Å²) in [5.41, 5.74) is 0.440. The number of likely N-dealkylation sites (N-methyl/N-ethyl adjacent to an activating group) is 1. The number of carbonyl (C=O) groups excluding carboxylic acids is 2. The van der Waals surface area contributed by atoms with E-state index in [1.807, 2.05) is 12.1 Å². The molecule has 1 N–H and O–H groups in total. The minimum Gasteiger partial charge on any atom is -0.451 e. The fourth-order valence-electron chi connectivity index (χ4n) is 2.85. The summed E-state index contributed by atoms with van der Waals surface area (Å²) in [6.07, 6.45) is -0.990. The van der Waals surface area contributed by atoms with Crippen LogP contribution in [0.3, 0.4) is 0 Å².